The summed E-state index contributed by atoms with van der Waals surface area (Å²) in [5.41, 5.74) is 2.48. The topological polar surface area (TPSA) is 60.4 Å². The number of carboxylic acid groups (broad SMARTS) is 1. The predicted octanol–water partition coefficient (Wildman–Crippen LogP) is 1.76. The van der Waals surface area contributed by atoms with E-state index in [4.69, 9.17) is 11.6 Å². The number of carbonyl (C=O) groups is 2. The molecular formula is C17H13ClNO3-. The summed E-state index contributed by atoms with van der Waals surface area (Å²) in [6.07, 6.45) is 0.510. The molecule has 0 radical (unpaired) electrons. The number of rotatable bonds is 4. The van der Waals surface area contributed by atoms with Crippen LogP contribution in [0.25, 0.3) is 0 Å². The number of benzene rings is 2. The summed E-state index contributed by atoms with van der Waals surface area (Å²) in [6.45, 7) is -0.424. The lowest BCUT2D eigenvalue weighted by Crippen LogP contribution is -2.40. The van der Waals surface area contributed by atoms with Crippen molar-refractivity contribution in [3.63, 3.8) is 0 Å². The molecule has 3 rings (SSSR count). The van der Waals surface area contributed by atoms with Gasteiger partial charge < -0.3 is 14.8 Å². The molecule has 2 aromatic rings. The zero-order valence-corrected chi connectivity index (χ0v) is 12.4. The Kier molecular flexibility index (Phi) is 3.86. The van der Waals surface area contributed by atoms with Crippen molar-refractivity contribution in [1.29, 1.82) is 0 Å². The highest BCUT2D eigenvalue weighted by molar-refractivity contribution is 6.30. The molecule has 0 fully saturated rings. The quantitative estimate of drug-likeness (QED) is 0.864. The number of aliphatic carboxylic acids is 1. The number of halogens is 1. The number of nitrogens with zero attached hydrogens (tertiary/aromatic N) is 1. The zero-order valence-electron chi connectivity index (χ0n) is 11.7. The van der Waals surface area contributed by atoms with Crippen molar-refractivity contribution in [2.24, 2.45) is 0 Å². The minimum atomic E-state index is -1.27. The number of para-hydroxylation sites is 1. The van der Waals surface area contributed by atoms with E-state index in [1.807, 2.05) is 24.3 Å². The van der Waals surface area contributed by atoms with Gasteiger partial charge >= 0.3 is 0 Å². The van der Waals surface area contributed by atoms with Gasteiger partial charge in [0.1, 0.15) is 0 Å². The van der Waals surface area contributed by atoms with Crippen LogP contribution in [-0.4, -0.2) is 18.4 Å². The van der Waals surface area contributed by atoms with Gasteiger partial charge in [-0.05, 0) is 35.7 Å². The zero-order chi connectivity index (χ0) is 15.7. The summed E-state index contributed by atoms with van der Waals surface area (Å²) in [4.78, 5) is 24.8. The molecule has 1 unspecified atom stereocenters. The van der Waals surface area contributed by atoms with Gasteiger partial charge in [-0.1, -0.05) is 41.9 Å². The number of anilines is 1. The minimum absolute atomic E-state index is 0.208. The molecule has 22 heavy (non-hydrogen) atoms. The van der Waals surface area contributed by atoms with Crippen molar-refractivity contribution in [3.05, 3.63) is 64.7 Å². The van der Waals surface area contributed by atoms with Crippen LogP contribution in [0, 0.1) is 0 Å². The van der Waals surface area contributed by atoms with Gasteiger partial charge in [0, 0.05) is 10.7 Å². The number of carboxylic acids is 1. The Morgan fingerprint density at radius 2 is 1.82 bits per heavy atom. The van der Waals surface area contributed by atoms with E-state index in [0.717, 1.165) is 11.1 Å². The van der Waals surface area contributed by atoms with Gasteiger partial charge in [0.25, 0.3) is 0 Å². The van der Waals surface area contributed by atoms with Gasteiger partial charge in [-0.25, -0.2) is 0 Å². The first-order valence-electron chi connectivity index (χ1n) is 6.91. The van der Waals surface area contributed by atoms with E-state index in [-0.39, 0.29) is 11.8 Å². The standard InChI is InChI=1S/C17H14ClNO3/c18-12-7-5-11(6-8-12)9-14-13-3-1-2-4-15(13)19(17(14)22)10-16(20)21/h1-8,14H,9-10H2,(H,20,21)/p-1. The fourth-order valence-corrected chi connectivity index (χ4v) is 2.94. The minimum Gasteiger partial charge on any atom is -0.548 e. The second-order valence-corrected chi connectivity index (χ2v) is 5.67. The average molecular weight is 315 g/mol. The van der Waals surface area contributed by atoms with Crippen LogP contribution in [0.2, 0.25) is 5.02 Å². The molecule has 0 bridgehead atoms. The Morgan fingerprint density at radius 1 is 1.14 bits per heavy atom. The van der Waals surface area contributed by atoms with Gasteiger partial charge in [-0.3, -0.25) is 4.79 Å². The Hall–Kier alpha value is -2.33. The molecule has 4 nitrogen and oxygen atoms in total. The fourth-order valence-electron chi connectivity index (χ4n) is 2.81. The van der Waals surface area contributed by atoms with Gasteiger partial charge in [-0.2, -0.15) is 0 Å². The van der Waals surface area contributed by atoms with Crippen LogP contribution in [0.3, 0.4) is 0 Å². The highest BCUT2D eigenvalue weighted by Crippen LogP contribution is 2.38. The highest BCUT2D eigenvalue weighted by atomic mass is 35.5. The molecule has 1 aliphatic rings. The Bertz CT molecular complexity index is 727. The SMILES string of the molecule is O=C([O-])CN1C(=O)C(Cc2ccc(Cl)cc2)c2ccccc21. The second-order valence-electron chi connectivity index (χ2n) is 5.24. The maximum absolute atomic E-state index is 12.6. The third kappa shape index (κ3) is 2.70. The number of amides is 1. The third-order valence-corrected chi connectivity index (χ3v) is 4.06. The molecular weight excluding hydrogens is 302 g/mol. The van der Waals surface area contributed by atoms with Crippen molar-refractivity contribution in [2.45, 2.75) is 12.3 Å². The summed E-state index contributed by atoms with van der Waals surface area (Å²) in [7, 11) is 0. The van der Waals surface area contributed by atoms with Crippen LogP contribution in [0.4, 0.5) is 5.69 Å². The molecule has 5 heteroatoms. The van der Waals surface area contributed by atoms with Gasteiger partial charge in [-0.15, -0.1) is 0 Å². The number of carbonyl (C=O) groups excluding carboxylic acids is 2. The van der Waals surface area contributed by atoms with Crippen LogP contribution in [0.15, 0.2) is 48.5 Å². The van der Waals surface area contributed by atoms with Crippen molar-refractivity contribution in [2.75, 3.05) is 11.4 Å². The van der Waals surface area contributed by atoms with Crippen molar-refractivity contribution < 1.29 is 14.7 Å². The summed E-state index contributed by atoms with van der Waals surface area (Å²) in [6, 6.07) is 14.6. The normalized spacial score (nSPS) is 16.7. The lowest BCUT2D eigenvalue weighted by Gasteiger charge is -2.18. The molecule has 1 amide bonds. The summed E-state index contributed by atoms with van der Waals surface area (Å²) < 4.78 is 0. The number of hydrogen-bond acceptors (Lipinski definition) is 3. The Labute approximate surface area is 132 Å². The molecule has 1 aliphatic heterocycles. The van der Waals surface area contributed by atoms with E-state index in [1.165, 1.54) is 4.90 Å². The van der Waals surface area contributed by atoms with E-state index in [0.29, 0.717) is 17.1 Å². The molecule has 2 aromatic carbocycles. The summed E-state index contributed by atoms with van der Waals surface area (Å²) in [5, 5.41) is 11.5. The van der Waals surface area contributed by atoms with Crippen molar-refractivity contribution in [3.8, 4) is 0 Å². The van der Waals surface area contributed by atoms with Crippen LogP contribution in [0.5, 0.6) is 0 Å². The van der Waals surface area contributed by atoms with Crippen molar-refractivity contribution in [1.82, 2.24) is 0 Å². The lowest BCUT2D eigenvalue weighted by atomic mass is 9.93. The summed E-state index contributed by atoms with van der Waals surface area (Å²) >= 11 is 5.87. The molecule has 1 heterocycles. The van der Waals surface area contributed by atoms with E-state index < -0.39 is 12.5 Å². The molecule has 0 aliphatic carbocycles. The van der Waals surface area contributed by atoms with Gasteiger partial charge in [0.05, 0.1) is 18.4 Å². The molecule has 0 saturated heterocycles. The average Bonchev–Trinajstić information content (AvgIpc) is 2.75. The maximum Gasteiger partial charge on any atom is 0.235 e. The number of fused-ring (bicyclic) bond motifs is 1. The Morgan fingerprint density at radius 3 is 2.50 bits per heavy atom. The van der Waals surface area contributed by atoms with E-state index >= 15 is 0 Å². The van der Waals surface area contributed by atoms with E-state index in [1.54, 1.807) is 24.3 Å². The smallest absolute Gasteiger partial charge is 0.235 e. The van der Waals surface area contributed by atoms with E-state index in [9.17, 15) is 14.7 Å². The molecule has 0 spiro atoms. The molecule has 0 N–H and O–H groups in total. The molecule has 0 saturated carbocycles. The summed E-state index contributed by atoms with van der Waals surface area (Å²) in [5.74, 6) is -1.85. The van der Waals surface area contributed by atoms with Gasteiger partial charge in [0.2, 0.25) is 5.91 Å². The molecule has 0 aromatic heterocycles. The van der Waals surface area contributed by atoms with Crippen LogP contribution in [0.1, 0.15) is 17.0 Å². The predicted molar refractivity (Wildman–Crippen MR) is 81.7 cm³/mol. The lowest BCUT2D eigenvalue weighted by molar-refractivity contribution is -0.303. The fraction of sp³-hybridized carbons (Fsp3) is 0.176. The van der Waals surface area contributed by atoms with Gasteiger partial charge in [0.15, 0.2) is 0 Å². The first-order valence-corrected chi connectivity index (χ1v) is 7.28. The van der Waals surface area contributed by atoms with Crippen LogP contribution in [-0.2, 0) is 16.0 Å². The van der Waals surface area contributed by atoms with Crippen LogP contribution >= 0.6 is 11.6 Å². The largest absolute Gasteiger partial charge is 0.548 e. The van der Waals surface area contributed by atoms with E-state index in [2.05, 4.69) is 0 Å². The second kappa shape index (κ2) is 5.81. The molecule has 1 atom stereocenters. The Balaban J connectivity index is 1.93. The first kappa shape index (κ1) is 14.6. The highest BCUT2D eigenvalue weighted by Gasteiger charge is 2.36. The maximum atomic E-state index is 12.6. The first-order chi connectivity index (χ1) is 10.6. The van der Waals surface area contributed by atoms with Crippen molar-refractivity contribution >= 4 is 29.2 Å². The van der Waals surface area contributed by atoms with Crippen LogP contribution < -0.4 is 10.0 Å². The monoisotopic (exact) mass is 314 g/mol. The molecule has 112 valence electrons. The third-order valence-electron chi connectivity index (χ3n) is 3.81. The number of hydrogen-bond donors (Lipinski definition) is 0.